The van der Waals surface area contributed by atoms with Crippen LogP contribution in [0, 0.1) is 6.92 Å². The normalized spacial score (nSPS) is 15.7. The van der Waals surface area contributed by atoms with E-state index < -0.39 is 0 Å². The lowest BCUT2D eigenvalue weighted by Gasteiger charge is -2.23. The van der Waals surface area contributed by atoms with Gasteiger partial charge in [0.1, 0.15) is 5.76 Å². The van der Waals surface area contributed by atoms with Crippen LogP contribution in [0.5, 0.6) is 0 Å². The lowest BCUT2D eigenvalue weighted by atomic mass is 9.95. The quantitative estimate of drug-likeness (QED) is 0.902. The van der Waals surface area contributed by atoms with Crippen LogP contribution in [-0.2, 0) is 9.59 Å². The Morgan fingerprint density at radius 3 is 2.67 bits per heavy atom. The van der Waals surface area contributed by atoms with Gasteiger partial charge >= 0.3 is 0 Å². The standard InChI is InChI=1S/C15H23N3O3/c1-11-10-14(17-21-11)18(12(2)19)9-8-15(20)16-13-6-4-3-5-7-13/h10,13H,3-9H2,1-2H3,(H,16,20). The monoisotopic (exact) mass is 293 g/mol. The van der Waals surface area contributed by atoms with E-state index >= 15 is 0 Å². The zero-order chi connectivity index (χ0) is 15.2. The maximum absolute atomic E-state index is 12.0. The van der Waals surface area contributed by atoms with Gasteiger partial charge in [-0.2, -0.15) is 0 Å². The van der Waals surface area contributed by atoms with Crippen LogP contribution in [0.2, 0.25) is 0 Å². The minimum absolute atomic E-state index is 0.00614. The molecule has 2 rings (SSSR count). The van der Waals surface area contributed by atoms with E-state index in [1.807, 2.05) is 0 Å². The van der Waals surface area contributed by atoms with Crippen LogP contribution in [0.4, 0.5) is 5.82 Å². The van der Waals surface area contributed by atoms with Crippen molar-refractivity contribution >= 4 is 17.6 Å². The van der Waals surface area contributed by atoms with Crippen LogP contribution in [0.3, 0.4) is 0 Å². The molecular formula is C15H23N3O3. The molecule has 0 aromatic carbocycles. The van der Waals surface area contributed by atoms with E-state index in [1.54, 1.807) is 13.0 Å². The Morgan fingerprint density at radius 2 is 2.10 bits per heavy atom. The summed E-state index contributed by atoms with van der Waals surface area (Å²) in [4.78, 5) is 25.1. The number of aryl methyl sites for hydroxylation is 1. The first kappa shape index (κ1) is 15.5. The molecule has 1 aliphatic carbocycles. The van der Waals surface area contributed by atoms with Crippen molar-refractivity contribution in [2.45, 2.75) is 58.4 Å². The second-order valence-corrected chi connectivity index (χ2v) is 5.62. The summed E-state index contributed by atoms with van der Waals surface area (Å²) in [5.74, 6) is 0.954. The fourth-order valence-corrected chi connectivity index (χ4v) is 2.67. The number of anilines is 1. The Labute approximate surface area is 124 Å². The molecule has 1 N–H and O–H groups in total. The predicted molar refractivity (Wildman–Crippen MR) is 78.9 cm³/mol. The van der Waals surface area contributed by atoms with Gasteiger partial charge in [-0.15, -0.1) is 0 Å². The van der Waals surface area contributed by atoms with Gasteiger partial charge in [0.15, 0.2) is 5.82 Å². The van der Waals surface area contributed by atoms with Crippen molar-refractivity contribution in [2.75, 3.05) is 11.4 Å². The van der Waals surface area contributed by atoms with E-state index in [1.165, 1.54) is 31.1 Å². The molecule has 6 heteroatoms. The molecule has 0 bridgehead atoms. The fraction of sp³-hybridized carbons (Fsp3) is 0.667. The van der Waals surface area contributed by atoms with Crippen molar-refractivity contribution in [1.29, 1.82) is 0 Å². The average molecular weight is 293 g/mol. The second kappa shape index (κ2) is 7.24. The topological polar surface area (TPSA) is 75.4 Å². The molecule has 0 aliphatic heterocycles. The summed E-state index contributed by atoms with van der Waals surface area (Å²) in [6, 6.07) is 1.99. The average Bonchev–Trinajstić information content (AvgIpc) is 2.86. The van der Waals surface area contributed by atoms with Crippen molar-refractivity contribution in [3.05, 3.63) is 11.8 Å². The highest BCUT2D eigenvalue weighted by atomic mass is 16.5. The molecule has 0 radical (unpaired) electrons. The molecule has 1 aromatic rings. The third kappa shape index (κ3) is 4.58. The van der Waals surface area contributed by atoms with Crippen LogP contribution in [0.25, 0.3) is 0 Å². The number of rotatable bonds is 5. The number of aromatic nitrogens is 1. The molecule has 0 atom stereocenters. The lowest BCUT2D eigenvalue weighted by Crippen LogP contribution is -2.39. The minimum atomic E-state index is -0.145. The van der Waals surface area contributed by atoms with Crippen LogP contribution in [0.1, 0.15) is 51.2 Å². The van der Waals surface area contributed by atoms with E-state index in [0.29, 0.717) is 24.2 Å². The third-order valence-electron chi connectivity index (χ3n) is 3.80. The van der Waals surface area contributed by atoms with E-state index in [9.17, 15) is 9.59 Å². The van der Waals surface area contributed by atoms with Crippen molar-refractivity contribution in [2.24, 2.45) is 0 Å². The Hall–Kier alpha value is -1.85. The summed E-state index contributed by atoms with van der Waals surface area (Å²) >= 11 is 0. The fourth-order valence-electron chi connectivity index (χ4n) is 2.67. The largest absolute Gasteiger partial charge is 0.360 e. The van der Waals surface area contributed by atoms with Gasteiger partial charge in [-0.05, 0) is 19.8 Å². The maximum atomic E-state index is 12.0. The Morgan fingerprint density at radius 1 is 1.38 bits per heavy atom. The molecule has 1 heterocycles. The highest BCUT2D eigenvalue weighted by molar-refractivity contribution is 5.91. The summed E-state index contributed by atoms with van der Waals surface area (Å²) in [5.41, 5.74) is 0. The van der Waals surface area contributed by atoms with Gasteiger partial charge in [0.25, 0.3) is 0 Å². The predicted octanol–water partition coefficient (Wildman–Crippen LogP) is 2.17. The Bertz CT molecular complexity index is 492. The highest BCUT2D eigenvalue weighted by Crippen LogP contribution is 2.18. The zero-order valence-electron chi connectivity index (χ0n) is 12.7. The van der Waals surface area contributed by atoms with E-state index in [-0.39, 0.29) is 18.2 Å². The number of carbonyl (C=O) groups is 2. The SMILES string of the molecule is CC(=O)N(CCC(=O)NC1CCCCC1)c1cc(C)on1. The molecule has 116 valence electrons. The van der Waals surface area contributed by atoms with E-state index in [4.69, 9.17) is 4.52 Å². The number of nitrogens with zero attached hydrogens (tertiary/aromatic N) is 2. The Kier molecular flexibility index (Phi) is 5.36. The minimum Gasteiger partial charge on any atom is -0.360 e. The Balaban J connectivity index is 1.84. The van der Waals surface area contributed by atoms with Crippen LogP contribution >= 0.6 is 0 Å². The first-order valence-electron chi connectivity index (χ1n) is 7.57. The van der Waals surface area contributed by atoms with Gasteiger partial charge in [0.05, 0.1) is 0 Å². The molecule has 21 heavy (non-hydrogen) atoms. The number of hydrogen-bond donors (Lipinski definition) is 1. The summed E-state index contributed by atoms with van der Waals surface area (Å²) in [5, 5.41) is 6.88. The molecule has 0 unspecified atom stereocenters. The van der Waals surface area contributed by atoms with Gasteiger partial charge in [-0.25, -0.2) is 0 Å². The lowest BCUT2D eigenvalue weighted by molar-refractivity contribution is -0.121. The van der Waals surface area contributed by atoms with E-state index in [2.05, 4.69) is 10.5 Å². The molecule has 2 amide bonds. The summed E-state index contributed by atoms with van der Waals surface area (Å²) in [6.45, 7) is 3.55. The first-order valence-corrected chi connectivity index (χ1v) is 7.57. The van der Waals surface area contributed by atoms with Gasteiger partial charge in [0, 0.05) is 32.0 Å². The van der Waals surface area contributed by atoms with Crippen molar-refractivity contribution in [3.63, 3.8) is 0 Å². The third-order valence-corrected chi connectivity index (χ3v) is 3.80. The first-order chi connectivity index (χ1) is 10.1. The van der Waals surface area contributed by atoms with Gasteiger partial charge in [-0.1, -0.05) is 24.4 Å². The second-order valence-electron chi connectivity index (χ2n) is 5.62. The van der Waals surface area contributed by atoms with Crippen molar-refractivity contribution < 1.29 is 14.1 Å². The molecule has 1 aliphatic rings. The molecular weight excluding hydrogens is 270 g/mol. The molecule has 0 saturated heterocycles. The number of nitrogens with one attached hydrogen (secondary N) is 1. The summed E-state index contributed by atoms with van der Waals surface area (Å²) in [7, 11) is 0. The summed E-state index contributed by atoms with van der Waals surface area (Å²) in [6.07, 6.45) is 6.03. The van der Waals surface area contributed by atoms with Crippen LogP contribution < -0.4 is 10.2 Å². The van der Waals surface area contributed by atoms with Gasteiger partial charge in [0.2, 0.25) is 11.8 Å². The smallest absolute Gasteiger partial charge is 0.225 e. The summed E-state index contributed by atoms with van der Waals surface area (Å²) < 4.78 is 4.98. The molecule has 1 fully saturated rings. The van der Waals surface area contributed by atoms with Gasteiger partial charge < -0.3 is 9.84 Å². The van der Waals surface area contributed by atoms with Crippen molar-refractivity contribution in [1.82, 2.24) is 10.5 Å². The molecule has 1 saturated carbocycles. The number of amides is 2. The zero-order valence-corrected chi connectivity index (χ0v) is 12.7. The number of carbonyl (C=O) groups excluding carboxylic acids is 2. The van der Waals surface area contributed by atoms with Crippen molar-refractivity contribution in [3.8, 4) is 0 Å². The van der Waals surface area contributed by atoms with E-state index in [0.717, 1.165) is 12.8 Å². The number of hydrogen-bond acceptors (Lipinski definition) is 4. The molecule has 0 spiro atoms. The van der Waals surface area contributed by atoms with Gasteiger partial charge in [-0.3, -0.25) is 14.5 Å². The highest BCUT2D eigenvalue weighted by Gasteiger charge is 2.19. The molecule has 6 nitrogen and oxygen atoms in total. The van der Waals surface area contributed by atoms with Crippen LogP contribution in [-0.4, -0.2) is 29.6 Å². The van der Waals surface area contributed by atoms with Crippen LogP contribution in [0.15, 0.2) is 10.6 Å². The molecule has 1 aromatic heterocycles. The maximum Gasteiger partial charge on any atom is 0.225 e.